The van der Waals surface area contributed by atoms with Gasteiger partial charge in [0, 0.05) is 31.2 Å². The second-order valence-electron chi connectivity index (χ2n) is 6.33. The standard InChI is InChI=1S/C18H21BrN2O3S2/c1-20(13-14-7-3-4-8-15(14)19)18(22)17-16(9-12-25-17)26(23,24)21-10-5-2-6-11-21/h3-4,7-9,12H,2,5-6,10-11,13H2,1H3. The van der Waals surface area contributed by atoms with E-state index >= 15 is 0 Å². The topological polar surface area (TPSA) is 57.7 Å². The monoisotopic (exact) mass is 456 g/mol. The van der Waals surface area contributed by atoms with Crippen molar-refractivity contribution in [2.45, 2.75) is 30.7 Å². The largest absolute Gasteiger partial charge is 0.337 e. The molecule has 1 amide bonds. The second-order valence-corrected chi connectivity index (χ2v) is 10.0. The van der Waals surface area contributed by atoms with Crippen molar-refractivity contribution in [1.29, 1.82) is 0 Å². The molecule has 1 aliphatic heterocycles. The molecule has 0 atom stereocenters. The molecule has 8 heteroatoms. The minimum absolute atomic E-state index is 0.133. The van der Waals surface area contributed by atoms with E-state index in [1.165, 1.54) is 15.6 Å². The Labute approximate surface area is 166 Å². The lowest BCUT2D eigenvalue weighted by molar-refractivity contribution is 0.0786. The molecule has 0 aliphatic carbocycles. The number of thiophene rings is 1. The molecule has 1 aliphatic rings. The molecular formula is C18H21BrN2O3S2. The molecule has 0 saturated carbocycles. The molecule has 2 aromatic rings. The van der Waals surface area contributed by atoms with Crippen molar-refractivity contribution in [3.63, 3.8) is 0 Å². The van der Waals surface area contributed by atoms with Crippen molar-refractivity contribution in [2.24, 2.45) is 0 Å². The molecule has 0 radical (unpaired) electrons. The summed E-state index contributed by atoms with van der Waals surface area (Å²) in [5.41, 5.74) is 0.973. The maximum Gasteiger partial charge on any atom is 0.265 e. The van der Waals surface area contributed by atoms with Crippen molar-refractivity contribution < 1.29 is 13.2 Å². The maximum atomic E-state index is 13.0. The van der Waals surface area contributed by atoms with Crippen LogP contribution in [0.2, 0.25) is 0 Å². The third-order valence-electron chi connectivity index (χ3n) is 4.47. The van der Waals surface area contributed by atoms with Gasteiger partial charge >= 0.3 is 0 Å². The molecule has 0 unspecified atom stereocenters. The molecule has 26 heavy (non-hydrogen) atoms. The van der Waals surface area contributed by atoms with Crippen LogP contribution in [0.4, 0.5) is 0 Å². The number of hydrogen-bond donors (Lipinski definition) is 0. The highest BCUT2D eigenvalue weighted by Gasteiger charge is 2.31. The van der Waals surface area contributed by atoms with E-state index in [0.29, 0.717) is 19.6 Å². The number of carbonyl (C=O) groups is 1. The van der Waals surface area contributed by atoms with Gasteiger partial charge in [0.1, 0.15) is 9.77 Å². The average Bonchev–Trinajstić information content (AvgIpc) is 3.14. The lowest BCUT2D eigenvalue weighted by Crippen LogP contribution is -2.36. The van der Waals surface area contributed by atoms with E-state index in [-0.39, 0.29) is 15.7 Å². The van der Waals surface area contributed by atoms with Gasteiger partial charge in [-0.05, 0) is 35.9 Å². The molecule has 5 nitrogen and oxygen atoms in total. The first-order valence-electron chi connectivity index (χ1n) is 8.48. The van der Waals surface area contributed by atoms with Crippen LogP contribution in [0.25, 0.3) is 0 Å². The summed E-state index contributed by atoms with van der Waals surface area (Å²) in [7, 11) is -1.93. The van der Waals surface area contributed by atoms with Crippen LogP contribution in [-0.4, -0.2) is 43.7 Å². The molecular weight excluding hydrogens is 436 g/mol. The van der Waals surface area contributed by atoms with Crippen molar-refractivity contribution in [2.75, 3.05) is 20.1 Å². The molecule has 3 rings (SSSR count). The fourth-order valence-electron chi connectivity index (χ4n) is 3.03. The fraction of sp³-hybridized carbons (Fsp3) is 0.389. The second kappa shape index (κ2) is 8.21. The molecule has 1 saturated heterocycles. The van der Waals surface area contributed by atoms with Crippen LogP contribution in [0.1, 0.15) is 34.5 Å². The van der Waals surface area contributed by atoms with Crippen molar-refractivity contribution in [1.82, 2.24) is 9.21 Å². The fourth-order valence-corrected chi connectivity index (χ4v) is 6.34. The molecule has 2 heterocycles. The van der Waals surface area contributed by atoms with Crippen molar-refractivity contribution in [3.8, 4) is 0 Å². The predicted molar refractivity (Wildman–Crippen MR) is 107 cm³/mol. The molecule has 140 valence electrons. The Morgan fingerprint density at radius 2 is 1.88 bits per heavy atom. The summed E-state index contributed by atoms with van der Waals surface area (Å²) in [6, 6.07) is 9.24. The highest BCUT2D eigenvalue weighted by molar-refractivity contribution is 9.10. The summed E-state index contributed by atoms with van der Waals surface area (Å²) in [5, 5.41) is 1.68. The smallest absolute Gasteiger partial charge is 0.265 e. The lowest BCUT2D eigenvalue weighted by atomic mass is 10.2. The Bertz CT molecular complexity index is 889. The third kappa shape index (κ3) is 4.03. The minimum atomic E-state index is -3.62. The van der Waals surface area contributed by atoms with Crippen LogP contribution in [0.3, 0.4) is 0 Å². The number of sulfonamides is 1. The molecule has 1 aromatic carbocycles. The van der Waals surface area contributed by atoms with E-state index in [9.17, 15) is 13.2 Å². The summed E-state index contributed by atoms with van der Waals surface area (Å²) < 4.78 is 28.4. The Morgan fingerprint density at radius 3 is 2.58 bits per heavy atom. The van der Waals surface area contributed by atoms with Gasteiger partial charge in [-0.3, -0.25) is 4.79 Å². The van der Waals surface area contributed by atoms with Crippen LogP contribution in [0.15, 0.2) is 45.1 Å². The zero-order chi connectivity index (χ0) is 18.7. The normalized spacial score (nSPS) is 15.8. The van der Waals surface area contributed by atoms with Gasteiger partial charge in [-0.25, -0.2) is 8.42 Å². The number of piperidine rings is 1. The van der Waals surface area contributed by atoms with Gasteiger partial charge in [-0.1, -0.05) is 40.5 Å². The number of benzene rings is 1. The minimum Gasteiger partial charge on any atom is -0.337 e. The number of amides is 1. The summed E-state index contributed by atoms with van der Waals surface area (Å²) >= 11 is 4.67. The van der Waals surface area contributed by atoms with Crippen molar-refractivity contribution >= 4 is 43.2 Å². The Morgan fingerprint density at radius 1 is 1.19 bits per heavy atom. The van der Waals surface area contributed by atoms with Crippen LogP contribution < -0.4 is 0 Å². The number of carbonyl (C=O) groups excluding carboxylic acids is 1. The van der Waals surface area contributed by atoms with Gasteiger partial charge in [0.05, 0.1) is 0 Å². The average molecular weight is 457 g/mol. The van der Waals surface area contributed by atoms with Gasteiger partial charge < -0.3 is 4.90 Å². The highest BCUT2D eigenvalue weighted by Crippen LogP contribution is 2.29. The van der Waals surface area contributed by atoms with Crippen LogP contribution in [0.5, 0.6) is 0 Å². The van der Waals surface area contributed by atoms with E-state index < -0.39 is 10.0 Å². The highest BCUT2D eigenvalue weighted by atomic mass is 79.9. The van der Waals surface area contributed by atoms with Gasteiger partial charge in [0.25, 0.3) is 5.91 Å². The number of rotatable bonds is 5. The zero-order valence-electron chi connectivity index (χ0n) is 14.5. The van der Waals surface area contributed by atoms with Crippen LogP contribution in [0, 0.1) is 0 Å². The number of nitrogens with zero attached hydrogens (tertiary/aromatic N) is 2. The summed E-state index contributed by atoms with van der Waals surface area (Å²) in [6.07, 6.45) is 2.79. The summed E-state index contributed by atoms with van der Waals surface area (Å²) in [6.45, 7) is 1.46. The number of halogens is 1. The Balaban J connectivity index is 1.83. The van der Waals surface area contributed by atoms with Crippen LogP contribution >= 0.6 is 27.3 Å². The first-order valence-corrected chi connectivity index (χ1v) is 11.6. The maximum absolute atomic E-state index is 13.0. The number of hydrogen-bond acceptors (Lipinski definition) is 4. The van der Waals surface area contributed by atoms with E-state index in [1.54, 1.807) is 23.4 Å². The van der Waals surface area contributed by atoms with E-state index in [1.807, 2.05) is 24.3 Å². The molecule has 0 spiro atoms. The SMILES string of the molecule is CN(Cc1ccccc1Br)C(=O)c1sccc1S(=O)(=O)N1CCCCC1. The van der Waals surface area contributed by atoms with Gasteiger partial charge in [0.2, 0.25) is 10.0 Å². The quantitative estimate of drug-likeness (QED) is 0.683. The molecule has 1 fully saturated rings. The van der Waals surface area contributed by atoms with Crippen LogP contribution in [-0.2, 0) is 16.6 Å². The van der Waals surface area contributed by atoms with Crippen molar-refractivity contribution in [3.05, 3.63) is 50.6 Å². The van der Waals surface area contributed by atoms with Gasteiger partial charge in [0.15, 0.2) is 0 Å². The van der Waals surface area contributed by atoms with E-state index in [2.05, 4.69) is 15.9 Å². The summed E-state index contributed by atoms with van der Waals surface area (Å²) in [5.74, 6) is -0.272. The predicted octanol–water partition coefficient (Wildman–Crippen LogP) is 3.96. The molecule has 0 N–H and O–H groups in total. The van der Waals surface area contributed by atoms with E-state index in [0.717, 1.165) is 29.3 Å². The first-order chi connectivity index (χ1) is 12.4. The Hall–Kier alpha value is -1.22. The lowest BCUT2D eigenvalue weighted by Gasteiger charge is -2.26. The third-order valence-corrected chi connectivity index (χ3v) is 8.21. The molecule has 1 aromatic heterocycles. The molecule has 0 bridgehead atoms. The van der Waals surface area contributed by atoms with Gasteiger partial charge in [-0.15, -0.1) is 11.3 Å². The Kier molecular flexibility index (Phi) is 6.17. The van der Waals surface area contributed by atoms with E-state index in [4.69, 9.17) is 0 Å². The van der Waals surface area contributed by atoms with Gasteiger partial charge in [-0.2, -0.15) is 4.31 Å². The first kappa shape index (κ1) is 19.5. The summed E-state index contributed by atoms with van der Waals surface area (Å²) in [4.78, 5) is 14.9. The zero-order valence-corrected chi connectivity index (χ0v) is 17.7.